The van der Waals surface area contributed by atoms with Gasteiger partial charge in [0, 0.05) is 38.9 Å². The van der Waals surface area contributed by atoms with E-state index in [1.165, 1.54) is 5.56 Å². The van der Waals surface area contributed by atoms with E-state index in [9.17, 15) is 4.79 Å². The van der Waals surface area contributed by atoms with Crippen LogP contribution in [0.15, 0.2) is 60.8 Å². The number of hydrogen-bond acceptors (Lipinski definition) is 6. The molecule has 1 saturated heterocycles. The average Bonchev–Trinajstić information content (AvgIpc) is 3.08. The zero-order valence-corrected chi connectivity index (χ0v) is 17.3. The molecule has 2 aromatic heterocycles. The molecule has 6 nitrogen and oxygen atoms in total. The molecule has 2 N–H and O–H groups in total. The lowest BCUT2D eigenvalue weighted by Crippen LogP contribution is -2.29. The maximum atomic E-state index is 13.2. The standard InChI is InChI=1S/C24H27N5O.H2/c1-18-21(15-20(17-26-18)27-16-19-7-3-2-4-8-19)24(30)22-9-5-10-23(28-22)29-13-6-11-25-12-14-29;/h2-5,7-10,15,17,25,27H,6,11-14,16H2,1H3;1H. The SMILES string of the molecule is Cc1ncc(NCc2ccccc2)cc1C(=O)c1cccc(N2CCCNCC2)n1.[HH]. The van der Waals surface area contributed by atoms with Crippen LogP contribution in [0.5, 0.6) is 0 Å². The lowest BCUT2D eigenvalue weighted by atomic mass is 10.1. The topological polar surface area (TPSA) is 70.2 Å². The number of aryl methyl sites for hydroxylation is 1. The monoisotopic (exact) mass is 403 g/mol. The Morgan fingerprint density at radius 1 is 1.13 bits per heavy atom. The molecule has 3 aromatic rings. The number of benzene rings is 1. The van der Waals surface area contributed by atoms with Crippen LogP contribution in [0.25, 0.3) is 0 Å². The molecule has 0 aliphatic carbocycles. The quantitative estimate of drug-likeness (QED) is 0.612. The van der Waals surface area contributed by atoms with E-state index in [2.05, 4.69) is 37.6 Å². The van der Waals surface area contributed by atoms with Gasteiger partial charge in [-0.2, -0.15) is 0 Å². The van der Waals surface area contributed by atoms with Crippen LogP contribution in [0.2, 0.25) is 0 Å². The molecular weight excluding hydrogens is 374 g/mol. The Balaban J connectivity index is 0.00000272. The van der Waals surface area contributed by atoms with Crippen LogP contribution in [0.4, 0.5) is 11.5 Å². The van der Waals surface area contributed by atoms with Crippen molar-refractivity contribution in [1.29, 1.82) is 0 Å². The smallest absolute Gasteiger partial charge is 0.213 e. The maximum Gasteiger partial charge on any atom is 0.213 e. The van der Waals surface area contributed by atoms with Crippen molar-refractivity contribution in [3.8, 4) is 0 Å². The molecule has 1 aliphatic heterocycles. The van der Waals surface area contributed by atoms with Gasteiger partial charge in [0.2, 0.25) is 5.78 Å². The predicted molar refractivity (Wildman–Crippen MR) is 122 cm³/mol. The van der Waals surface area contributed by atoms with Crippen molar-refractivity contribution in [1.82, 2.24) is 15.3 Å². The summed E-state index contributed by atoms with van der Waals surface area (Å²) in [6, 6.07) is 17.7. The molecule has 3 heterocycles. The van der Waals surface area contributed by atoms with Crippen LogP contribution in [-0.4, -0.2) is 41.9 Å². The molecular formula is C24H29N5O. The van der Waals surface area contributed by atoms with Crippen molar-refractivity contribution >= 4 is 17.3 Å². The largest absolute Gasteiger partial charge is 0.380 e. The predicted octanol–water partition coefficient (Wildman–Crippen LogP) is 3.67. The van der Waals surface area contributed by atoms with E-state index in [1.807, 2.05) is 43.3 Å². The van der Waals surface area contributed by atoms with Crippen molar-refractivity contribution < 1.29 is 6.22 Å². The van der Waals surface area contributed by atoms with E-state index in [4.69, 9.17) is 0 Å². The van der Waals surface area contributed by atoms with Gasteiger partial charge >= 0.3 is 0 Å². The summed E-state index contributed by atoms with van der Waals surface area (Å²) in [5.41, 5.74) is 3.73. The highest BCUT2D eigenvalue weighted by Gasteiger charge is 2.17. The number of carbonyl (C=O) groups is 1. The summed E-state index contributed by atoms with van der Waals surface area (Å²) in [5, 5.41) is 6.75. The number of ketones is 1. The normalized spacial score (nSPS) is 14.2. The van der Waals surface area contributed by atoms with Gasteiger partial charge in [0.1, 0.15) is 11.5 Å². The molecule has 6 heteroatoms. The number of rotatable bonds is 6. The van der Waals surface area contributed by atoms with Crippen LogP contribution < -0.4 is 15.5 Å². The van der Waals surface area contributed by atoms with Crippen LogP contribution in [0.3, 0.4) is 0 Å². The number of hydrogen-bond donors (Lipinski definition) is 2. The number of nitrogens with zero attached hydrogens (tertiary/aromatic N) is 3. The zero-order valence-electron chi connectivity index (χ0n) is 17.3. The Kier molecular flexibility index (Phi) is 6.35. The number of carbonyl (C=O) groups excluding carboxylic acids is 1. The summed E-state index contributed by atoms with van der Waals surface area (Å²) in [6.07, 6.45) is 2.83. The van der Waals surface area contributed by atoms with Crippen molar-refractivity contribution in [2.24, 2.45) is 0 Å². The Morgan fingerprint density at radius 2 is 2.00 bits per heavy atom. The zero-order chi connectivity index (χ0) is 20.8. The van der Waals surface area contributed by atoms with E-state index < -0.39 is 0 Å². The number of pyridine rings is 2. The fourth-order valence-electron chi connectivity index (χ4n) is 3.60. The lowest BCUT2D eigenvalue weighted by Gasteiger charge is -2.21. The minimum Gasteiger partial charge on any atom is -0.380 e. The number of anilines is 2. The molecule has 0 unspecified atom stereocenters. The van der Waals surface area contributed by atoms with Gasteiger partial charge < -0.3 is 15.5 Å². The van der Waals surface area contributed by atoms with Gasteiger partial charge in [0.15, 0.2) is 0 Å². The molecule has 0 amide bonds. The van der Waals surface area contributed by atoms with Gasteiger partial charge in [0.25, 0.3) is 0 Å². The van der Waals surface area contributed by atoms with Crippen LogP contribution >= 0.6 is 0 Å². The molecule has 156 valence electrons. The molecule has 1 aliphatic rings. The van der Waals surface area contributed by atoms with Gasteiger partial charge in [-0.3, -0.25) is 9.78 Å². The highest BCUT2D eigenvalue weighted by atomic mass is 16.1. The first-order chi connectivity index (χ1) is 14.7. The molecule has 0 saturated carbocycles. The van der Waals surface area contributed by atoms with Gasteiger partial charge in [-0.25, -0.2) is 4.98 Å². The van der Waals surface area contributed by atoms with Gasteiger partial charge in [-0.15, -0.1) is 0 Å². The fourth-order valence-corrected chi connectivity index (χ4v) is 3.60. The molecule has 1 aromatic carbocycles. The molecule has 0 spiro atoms. The van der Waals surface area contributed by atoms with Crippen LogP contribution in [-0.2, 0) is 6.54 Å². The Hall–Kier alpha value is -3.25. The second-order valence-corrected chi connectivity index (χ2v) is 7.50. The second-order valence-electron chi connectivity index (χ2n) is 7.50. The van der Waals surface area contributed by atoms with Gasteiger partial charge in [-0.1, -0.05) is 36.4 Å². The van der Waals surface area contributed by atoms with Crippen molar-refractivity contribution in [2.75, 3.05) is 36.4 Å². The van der Waals surface area contributed by atoms with Crippen molar-refractivity contribution in [3.05, 3.63) is 83.3 Å². The van der Waals surface area contributed by atoms with Crippen molar-refractivity contribution in [3.63, 3.8) is 0 Å². The van der Waals surface area contributed by atoms with Crippen LogP contribution in [0.1, 0.15) is 35.2 Å². The summed E-state index contributed by atoms with van der Waals surface area (Å²) in [6.45, 7) is 6.32. The third-order valence-corrected chi connectivity index (χ3v) is 5.30. The molecule has 4 rings (SSSR count). The van der Waals surface area contributed by atoms with Gasteiger partial charge in [0.05, 0.1) is 11.9 Å². The fraction of sp³-hybridized carbons (Fsp3) is 0.292. The first kappa shape index (κ1) is 20.0. The van der Waals surface area contributed by atoms with E-state index in [0.29, 0.717) is 23.5 Å². The first-order valence-corrected chi connectivity index (χ1v) is 10.4. The first-order valence-electron chi connectivity index (χ1n) is 10.4. The highest BCUT2D eigenvalue weighted by molar-refractivity contribution is 6.09. The maximum absolute atomic E-state index is 13.2. The summed E-state index contributed by atoms with van der Waals surface area (Å²) in [7, 11) is 0. The molecule has 0 atom stereocenters. The third kappa shape index (κ3) is 4.83. The van der Waals surface area contributed by atoms with E-state index in [-0.39, 0.29) is 7.21 Å². The third-order valence-electron chi connectivity index (χ3n) is 5.30. The summed E-state index contributed by atoms with van der Waals surface area (Å²) >= 11 is 0. The Bertz CT molecular complexity index is 1000. The van der Waals surface area contributed by atoms with E-state index in [1.54, 1.807) is 12.3 Å². The second kappa shape index (κ2) is 9.50. The van der Waals surface area contributed by atoms with Gasteiger partial charge in [-0.05, 0) is 43.7 Å². The average molecular weight is 404 g/mol. The molecule has 0 radical (unpaired) electrons. The Labute approximate surface area is 178 Å². The summed E-state index contributed by atoms with van der Waals surface area (Å²) in [5.74, 6) is 0.756. The van der Waals surface area contributed by atoms with E-state index in [0.717, 1.165) is 44.1 Å². The molecule has 1 fully saturated rings. The van der Waals surface area contributed by atoms with Crippen molar-refractivity contribution in [2.45, 2.75) is 19.9 Å². The minimum absolute atomic E-state index is 0. The van der Waals surface area contributed by atoms with Crippen LogP contribution in [0, 0.1) is 6.92 Å². The summed E-state index contributed by atoms with van der Waals surface area (Å²) in [4.78, 5) is 24.6. The molecule has 30 heavy (non-hydrogen) atoms. The minimum atomic E-state index is -0.0989. The molecule has 0 bridgehead atoms. The van der Waals surface area contributed by atoms with E-state index >= 15 is 0 Å². The number of aromatic nitrogens is 2. The number of nitrogens with one attached hydrogen (secondary N) is 2. The summed E-state index contributed by atoms with van der Waals surface area (Å²) < 4.78 is 0. The lowest BCUT2D eigenvalue weighted by molar-refractivity contribution is 0.103. The highest BCUT2D eigenvalue weighted by Crippen LogP contribution is 2.19. The Morgan fingerprint density at radius 3 is 2.87 bits per heavy atom.